The molecule has 17 heavy (non-hydrogen) atoms. The van der Waals surface area contributed by atoms with Crippen molar-refractivity contribution < 1.29 is 9.84 Å². The van der Waals surface area contributed by atoms with Crippen LogP contribution in [-0.4, -0.2) is 49.5 Å². The van der Waals surface area contributed by atoms with Crippen molar-refractivity contribution in [2.24, 2.45) is 5.92 Å². The summed E-state index contributed by atoms with van der Waals surface area (Å²) in [5.74, 6) is 0.739. The summed E-state index contributed by atoms with van der Waals surface area (Å²) in [6, 6.07) is 0. The molecule has 0 aliphatic carbocycles. The van der Waals surface area contributed by atoms with Crippen molar-refractivity contribution in [2.45, 2.75) is 45.4 Å². The highest BCUT2D eigenvalue weighted by atomic mass is 16.5. The molecule has 1 saturated heterocycles. The van der Waals surface area contributed by atoms with Gasteiger partial charge in [0.05, 0.1) is 13.2 Å². The van der Waals surface area contributed by atoms with Crippen molar-refractivity contribution >= 4 is 0 Å². The Morgan fingerprint density at radius 3 is 2.53 bits per heavy atom. The first kappa shape index (κ1) is 14.9. The molecule has 0 bridgehead atoms. The maximum atomic E-state index is 8.92. The molecule has 0 aromatic carbocycles. The second kappa shape index (κ2) is 9.86. The number of aliphatic hydroxyl groups is 1. The summed E-state index contributed by atoms with van der Waals surface area (Å²) in [5, 5.41) is 8.92. The Morgan fingerprint density at radius 1 is 1.12 bits per heavy atom. The van der Waals surface area contributed by atoms with E-state index >= 15 is 0 Å². The predicted molar refractivity (Wildman–Crippen MR) is 71.2 cm³/mol. The molecule has 1 aliphatic rings. The molecular weight excluding hydrogens is 214 g/mol. The van der Waals surface area contributed by atoms with Gasteiger partial charge in [-0.2, -0.15) is 0 Å². The number of ether oxygens (including phenoxy) is 1. The van der Waals surface area contributed by atoms with E-state index in [1.165, 1.54) is 38.6 Å². The number of hydrogen-bond donors (Lipinski definition) is 1. The first-order valence-electron chi connectivity index (χ1n) is 7.27. The Kier molecular flexibility index (Phi) is 8.67. The number of unbranched alkanes of at least 4 members (excludes halogenated alkanes) is 2. The van der Waals surface area contributed by atoms with Gasteiger partial charge in [0.25, 0.3) is 0 Å². The number of aliphatic hydroxyl groups excluding tert-OH is 1. The lowest BCUT2D eigenvalue weighted by Gasteiger charge is -2.26. The Morgan fingerprint density at radius 2 is 1.88 bits per heavy atom. The maximum absolute atomic E-state index is 8.92. The molecule has 0 amide bonds. The molecule has 3 nitrogen and oxygen atoms in total. The largest absolute Gasteiger partial charge is 0.396 e. The van der Waals surface area contributed by atoms with E-state index in [4.69, 9.17) is 9.84 Å². The molecule has 1 N–H and O–H groups in total. The van der Waals surface area contributed by atoms with Crippen LogP contribution < -0.4 is 0 Å². The SMILES string of the molecule is CC[C@@H](CCO)CCCCCN1CCOCC1. The van der Waals surface area contributed by atoms with Crippen LogP contribution in [0.2, 0.25) is 0 Å². The van der Waals surface area contributed by atoms with Crippen LogP contribution in [0.1, 0.15) is 45.4 Å². The molecule has 1 rings (SSSR count). The molecule has 1 heterocycles. The third-order valence-corrected chi connectivity index (χ3v) is 3.81. The highest BCUT2D eigenvalue weighted by Gasteiger charge is 2.09. The minimum Gasteiger partial charge on any atom is -0.396 e. The van der Waals surface area contributed by atoms with Crippen molar-refractivity contribution in [2.75, 3.05) is 39.5 Å². The minimum atomic E-state index is 0.353. The molecule has 1 fully saturated rings. The third kappa shape index (κ3) is 7.02. The Labute approximate surface area is 106 Å². The third-order valence-electron chi connectivity index (χ3n) is 3.81. The van der Waals surface area contributed by atoms with E-state index in [1.807, 2.05) is 0 Å². The van der Waals surface area contributed by atoms with Gasteiger partial charge in [-0.3, -0.25) is 4.90 Å². The van der Waals surface area contributed by atoms with Crippen LogP contribution in [0.4, 0.5) is 0 Å². The molecule has 0 radical (unpaired) electrons. The molecular formula is C14H29NO2. The summed E-state index contributed by atoms with van der Waals surface area (Å²) >= 11 is 0. The summed E-state index contributed by atoms with van der Waals surface area (Å²) in [5.41, 5.74) is 0. The molecule has 0 aromatic heterocycles. The highest BCUT2D eigenvalue weighted by molar-refractivity contribution is 4.62. The van der Waals surface area contributed by atoms with E-state index in [9.17, 15) is 0 Å². The van der Waals surface area contributed by atoms with E-state index in [2.05, 4.69) is 11.8 Å². The molecule has 0 unspecified atom stereocenters. The van der Waals surface area contributed by atoms with Gasteiger partial charge in [0.1, 0.15) is 0 Å². The summed E-state index contributed by atoms with van der Waals surface area (Å²) in [7, 11) is 0. The monoisotopic (exact) mass is 243 g/mol. The van der Waals surface area contributed by atoms with Gasteiger partial charge in [0, 0.05) is 19.7 Å². The van der Waals surface area contributed by atoms with Crippen LogP contribution in [0.3, 0.4) is 0 Å². The second-order valence-electron chi connectivity index (χ2n) is 5.09. The zero-order valence-corrected chi connectivity index (χ0v) is 11.4. The molecule has 0 aromatic rings. The number of morpholine rings is 1. The molecule has 0 saturated carbocycles. The van der Waals surface area contributed by atoms with Crippen molar-refractivity contribution in [1.82, 2.24) is 4.90 Å². The van der Waals surface area contributed by atoms with Crippen molar-refractivity contribution in [3.63, 3.8) is 0 Å². The van der Waals surface area contributed by atoms with Gasteiger partial charge in [0.2, 0.25) is 0 Å². The van der Waals surface area contributed by atoms with Crippen molar-refractivity contribution in [3.05, 3.63) is 0 Å². The van der Waals surface area contributed by atoms with Gasteiger partial charge in [-0.05, 0) is 25.3 Å². The summed E-state index contributed by atoms with van der Waals surface area (Å²) < 4.78 is 5.33. The Balaban J connectivity index is 1.92. The lowest BCUT2D eigenvalue weighted by atomic mass is 9.95. The minimum absolute atomic E-state index is 0.353. The van der Waals surface area contributed by atoms with Crippen LogP contribution in [-0.2, 0) is 4.74 Å². The van der Waals surface area contributed by atoms with Gasteiger partial charge in [-0.25, -0.2) is 0 Å². The smallest absolute Gasteiger partial charge is 0.0594 e. The first-order chi connectivity index (χ1) is 8.36. The fourth-order valence-corrected chi connectivity index (χ4v) is 2.51. The van der Waals surface area contributed by atoms with E-state index in [0.717, 1.165) is 38.6 Å². The second-order valence-corrected chi connectivity index (χ2v) is 5.09. The molecule has 1 aliphatic heterocycles. The summed E-state index contributed by atoms with van der Waals surface area (Å²) in [6.45, 7) is 7.87. The first-order valence-corrected chi connectivity index (χ1v) is 7.27. The lowest BCUT2D eigenvalue weighted by Crippen LogP contribution is -2.36. The van der Waals surface area contributed by atoms with Crippen LogP contribution in [0.25, 0.3) is 0 Å². The van der Waals surface area contributed by atoms with Crippen LogP contribution in [0.15, 0.2) is 0 Å². The van der Waals surface area contributed by atoms with E-state index in [1.54, 1.807) is 0 Å². The zero-order valence-electron chi connectivity index (χ0n) is 11.4. The topological polar surface area (TPSA) is 32.7 Å². The van der Waals surface area contributed by atoms with Gasteiger partial charge in [-0.15, -0.1) is 0 Å². The zero-order chi connectivity index (χ0) is 12.3. The summed E-state index contributed by atoms with van der Waals surface area (Å²) in [4.78, 5) is 2.51. The maximum Gasteiger partial charge on any atom is 0.0594 e. The fraction of sp³-hybridized carbons (Fsp3) is 1.00. The average Bonchev–Trinajstić information content (AvgIpc) is 2.38. The molecule has 1 atom stereocenters. The quantitative estimate of drug-likeness (QED) is 0.631. The highest BCUT2D eigenvalue weighted by Crippen LogP contribution is 2.16. The normalized spacial score (nSPS) is 19.4. The van der Waals surface area contributed by atoms with Crippen molar-refractivity contribution in [1.29, 1.82) is 0 Å². The van der Waals surface area contributed by atoms with Crippen LogP contribution in [0.5, 0.6) is 0 Å². The van der Waals surface area contributed by atoms with E-state index in [0.29, 0.717) is 6.61 Å². The predicted octanol–water partition coefficient (Wildman–Crippen LogP) is 2.29. The number of rotatable bonds is 9. The standard InChI is InChI=1S/C14H29NO2/c1-2-14(7-11-16)6-4-3-5-8-15-9-12-17-13-10-15/h14,16H,2-13H2,1H3/t14-/m1/s1. The number of hydrogen-bond acceptors (Lipinski definition) is 3. The number of nitrogens with zero attached hydrogens (tertiary/aromatic N) is 1. The van der Waals surface area contributed by atoms with E-state index in [-0.39, 0.29) is 0 Å². The summed E-state index contributed by atoms with van der Waals surface area (Å²) in [6.07, 6.45) is 7.46. The van der Waals surface area contributed by atoms with Gasteiger partial charge >= 0.3 is 0 Å². The average molecular weight is 243 g/mol. The molecule has 0 spiro atoms. The Hall–Kier alpha value is -0.120. The molecule has 3 heteroatoms. The fourth-order valence-electron chi connectivity index (χ4n) is 2.51. The van der Waals surface area contributed by atoms with Gasteiger partial charge in [0.15, 0.2) is 0 Å². The lowest BCUT2D eigenvalue weighted by molar-refractivity contribution is 0.0371. The van der Waals surface area contributed by atoms with Crippen molar-refractivity contribution in [3.8, 4) is 0 Å². The van der Waals surface area contributed by atoms with Gasteiger partial charge in [-0.1, -0.05) is 32.6 Å². The Bertz CT molecular complexity index is 163. The van der Waals surface area contributed by atoms with E-state index < -0.39 is 0 Å². The van der Waals surface area contributed by atoms with Crippen LogP contribution >= 0.6 is 0 Å². The molecule has 102 valence electrons. The van der Waals surface area contributed by atoms with Gasteiger partial charge < -0.3 is 9.84 Å². The van der Waals surface area contributed by atoms with Crippen LogP contribution in [0, 0.1) is 5.92 Å².